The van der Waals surface area contributed by atoms with Crippen LogP contribution in [0.4, 0.5) is 24.9 Å². The maximum Gasteiger partial charge on any atom is 0.440 e. The second kappa shape index (κ2) is 15.4. The Bertz CT molecular complexity index is 1900. The number of nitrogens with zero attached hydrogens (tertiary/aromatic N) is 5. The number of rotatable bonds is 6. The minimum absolute atomic E-state index is 0.0827. The van der Waals surface area contributed by atoms with Crippen molar-refractivity contribution in [3.05, 3.63) is 77.9 Å². The van der Waals surface area contributed by atoms with E-state index in [1.54, 1.807) is 79.7 Å². The number of nitrogens with one attached hydrogen (secondary N) is 1. The molecule has 15 nitrogen and oxygen atoms in total. The summed E-state index contributed by atoms with van der Waals surface area (Å²) in [7, 11) is 0. The number of aliphatic imine (C=N–C) groups is 1. The van der Waals surface area contributed by atoms with Crippen LogP contribution in [0.1, 0.15) is 66.5 Å². The first-order valence-corrected chi connectivity index (χ1v) is 17.6. The van der Waals surface area contributed by atoms with Crippen LogP contribution < -0.4 is 10.3 Å². The zero-order valence-electron chi connectivity index (χ0n) is 30.2. The Kier molecular flexibility index (Phi) is 11.2. The lowest BCUT2D eigenvalue weighted by atomic mass is 10.0. The highest BCUT2D eigenvalue weighted by atomic mass is 32.2. The van der Waals surface area contributed by atoms with Crippen molar-refractivity contribution in [1.82, 2.24) is 19.9 Å². The Hall–Kier alpha value is -5.51. The molecule has 0 saturated carbocycles. The van der Waals surface area contributed by atoms with Crippen LogP contribution in [-0.4, -0.2) is 74.3 Å². The Morgan fingerprint density at radius 1 is 0.769 bits per heavy atom. The van der Waals surface area contributed by atoms with Gasteiger partial charge in [-0.1, -0.05) is 54.6 Å². The summed E-state index contributed by atoms with van der Waals surface area (Å²) in [5.74, 6) is -0.691. The van der Waals surface area contributed by atoms with E-state index >= 15 is 4.79 Å². The number of fused-ring (bicyclic) bond motifs is 3. The van der Waals surface area contributed by atoms with E-state index in [1.807, 2.05) is 42.5 Å². The van der Waals surface area contributed by atoms with Gasteiger partial charge in [0.1, 0.15) is 0 Å². The highest BCUT2D eigenvalue weighted by Gasteiger charge is 2.65. The van der Waals surface area contributed by atoms with Crippen molar-refractivity contribution in [2.75, 3.05) is 4.90 Å². The number of para-hydroxylation sites is 1. The van der Waals surface area contributed by atoms with Crippen LogP contribution >= 0.6 is 11.9 Å². The SMILES string of the molecule is CC(C)OC(=O)NN(SC1=NC2(C(=O)N(Cc3ccc4ccccc4c3)c3ccccc32)N(C(=O)OC(C)C)N1C(=O)OC(C)C)C(=O)OC(C)C. The molecule has 5 amide bonds. The van der Waals surface area contributed by atoms with E-state index in [2.05, 4.69) is 5.43 Å². The molecule has 2 aliphatic heterocycles. The molecule has 2 heterocycles. The van der Waals surface area contributed by atoms with Gasteiger partial charge in [0, 0.05) is 5.56 Å². The van der Waals surface area contributed by atoms with Crippen LogP contribution in [0.25, 0.3) is 10.8 Å². The van der Waals surface area contributed by atoms with Crippen LogP contribution in [0.3, 0.4) is 0 Å². The molecule has 1 atom stereocenters. The van der Waals surface area contributed by atoms with Gasteiger partial charge in [-0.3, -0.25) is 4.79 Å². The first-order chi connectivity index (χ1) is 24.6. The zero-order chi connectivity index (χ0) is 37.9. The van der Waals surface area contributed by atoms with Crippen LogP contribution in [0, 0.1) is 0 Å². The van der Waals surface area contributed by atoms with E-state index < -0.39 is 65.5 Å². The van der Waals surface area contributed by atoms with Gasteiger partial charge >= 0.3 is 24.4 Å². The summed E-state index contributed by atoms with van der Waals surface area (Å²) in [6.45, 7) is 12.9. The van der Waals surface area contributed by atoms with E-state index in [-0.39, 0.29) is 12.1 Å². The second-order valence-corrected chi connectivity index (χ2v) is 13.9. The summed E-state index contributed by atoms with van der Waals surface area (Å²) in [6, 6.07) is 20.4. The number of hydrogen-bond acceptors (Lipinski definition) is 11. The maximum atomic E-state index is 15.0. The van der Waals surface area contributed by atoms with Crippen molar-refractivity contribution in [3.8, 4) is 0 Å². The van der Waals surface area contributed by atoms with Crippen LogP contribution in [0.15, 0.2) is 71.7 Å². The van der Waals surface area contributed by atoms with Crippen molar-refractivity contribution in [2.24, 2.45) is 4.99 Å². The number of anilines is 1. The van der Waals surface area contributed by atoms with E-state index in [0.717, 1.165) is 26.4 Å². The molecule has 1 N–H and O–H groups in total. The molecule has 3 aromatic carbocycles. The first-order valence-electron chi connectivity index (χ1n) is 16.8. The Morgan fingerprint density at radius 3 is 2.02 bits per heavy atom. The average Bonchev–Trinajstić information content (AvgIpc) is 3.51. The number of amides is 5. The molecule has 0 aliphatic carbocycles. The second-order valence-electron chi connectivity index (χ2n) is 13.0. The topological polar surface area (TPSA) is 160 Å². The molecule has 0 saturated heterocycles. The molecule has 1 unspecified atom stereocenters. The molecule has 1 spiro atoms. The van der Waals surface area contributed by atoms with Gasteiger partial charge in [0.05, 0.1) is 48.6 Å². The van der Waals surface area contributed by atoms with Crippen molar-refractivity contribution in [3.63, 3.8) is 0 Å². The van der Waals surface area contributed by atoms with Crippen molar-refractivity contribution >= 4 is 63.9 Å². The fraction of sp³-hybridized carbons (Fsp3) is 0.389. The predicted molar refractivity (Wildman–Crippen MR) is 193 cm³/mol. The van der Waals surface area contributed by atoms with E-state index in [0.29, 0.717) is 22.0 Å². The van der Waals surface area contributed by atoms with Gasteiger partial charge in [-0.15, -0.1) is 4.41 Å². The van der Waals surface area contributed by atoms with Gasteiger partial charge in [-0.2, -0.15) is 10.0 Å². The van der Waals surface area contributed by atoms with Gasteiger partial charge in [-0.05, 0) is 83.9 Å². The zero-order valence-corrected chi connectivity index (χ0v) is 31.0. The van der Waals surface area contributed by atoms with Gasteiger partial charge < -0.3 is 23.8 Å². The number of hydrazine groups is 2. The minimum Gasteiger partial charge on any atom is -0.446 e. The molecular formula is C36H42N6O9S. The van der Waals surface area contributed by atoms with Gasteiger partial charge in [-0.25, -0.2) is 29.6 Å². The Morgan fingerprint density at radius 2 is 1.37 bits per heavy atom. The lowest BCUT2D eigenvalue weighted by Crippen LogP contribution is -2.59. The molecule has 0 aromatic heterocycles. The first kappa shape index (κ1) is 37.7. The number of ether oxygens (including phenoxy) is 4. The molecule has 52 heavy (non-hydrogen) atoms. The molecule has 2 aliphatic rings. The Labute approximate surface area is 305 Å². The molecule has 0 fully saturated rings. The third kappa shape index (κ3) is 7.71. The van der Waals surface area contributed by atoms with Gasteiger partial charge in [0.25, 0.3) is 11.6 Å². The molecule has 0 radical (unpaired) electrons. The largest absolute Gasteiger partial charge is 0.446 e. The lowest BCUT2D eigenvalue weighted by Gasteiger charge is -2.35. The minimum atomic E-state index is -2.25. The summed E-state index contributed by atoms with van der Waals surface area (Å²) >= 11 is 0.407. The number of carbonyl (C=O) groups is 5. The quantitative estimate of drug-likeness (QED) is 0.158. The molecule has 16 heteroatoms. The van der Waals surface area contributed by atoms with Crippen molar-refractivity contribution in [2.45, 2.75) is 92.0 Å². The normalized spacial score (nSPS) is 16.6. The summed E-state index contributed by atoms with van der Waals surface area (Å²) in [5, 5.41) is 3.11. The van der Waals surface area contributed by atoms with E-state index in [9.17, 15) is 19.2 Å². The number of benzene rings is 3. The third-order valence-electron chi connectivity index (χ3n) is 7.44. The van der Waals surface area contributed by atoms with Crippen molar-refractivity contribution < 1.29 is 42.9 Å². The summed E-state index contributed by atoms with van der Waals surface area (Å²) in [5.41, 5.74) is 1.51. The highest BCUT2D eigenvalue weighted by Crippen LogP contribution is 2.51. The summed E-state index contributed by atoms with van der Waals surface area (Å²) < 4.78 is 22.4. The monoisotopic (exact) mass is 734 g/mol. The van der Waals surface area contributed by atoms with E-state index in [1.165, 1.54) is 4.90 Å². The number of hydrogen-bond donors (Lipinski definition) is 1. The lowest BCUT2D eigenvalue weighted by molar-refractivity contribution is -0.134. The molecule has 276 valence electrons. The molecule has 3 aromatic rings. The predicted octanol–water partition coefficient (Wildman–Crippen LogP) is 7.06. The van der Waals surface area contributed by atoms with Crippen LogP contribution in [0.5, 0.6) is 0 Å². The van der Waals surface area contributed by atoms with Crippen molar-refractivity contribution in [1.29, 1.82) is 0 Å². The third-order valence-corrected chi connectivity index (χ3v) is 8.29. The number of carbonyl (C=O) groups excluding carboxylic acids is 5. The molecular weight excluding hydrogens is 692 g/mol. The summed E-state index contributed by atoms with van der Waals surface area (Å²) in [4.78, 5) is 75.6. The fourth-order valence-corrected chi connectivity index (χ4v) is 6.37. The standard InChI is InChI=1S/C36H42N6O9S/c1-21(2)48-32(44)38-42(35(47)51-24(7)8)52-31-37-36(41(34(46)50-23(5)6)40(31)33(45)49-22(3)4)28-15-11-12-16-29(28)39(30(36)43)20-25-17-18-26-13-9-10-14-27(26)19-25/h9-19,21-24H,20H2,1-8H3,(H,38,44). The summed E-state index contributed by atoms with van der Waals surface area (Å²) in [6.07, 6.45) is -6.85. The van der Waals surface area contributed by atoms with Crippen LogP contribution in [0.2, 0.25) is 0 Å². The highest BCUT2D eigenvalue weighted by molar-refractivity contribution is 8.12. The molecule has 5 rings (SSSR count). The fourth-order valence-electron chi connectivity index (χ4n) is 5.57. The smallest absolute Gasteiger partial charge is 0.440 e. The van der Waals surface area contributed by atoms with Gasteiger partial charge in [0.2, 0.25) is 5.17 Å². The average molecular weight is 735 g/mol. The van der Waals surface area contributed by atoms with Crippen LogP contribution in [-0.2, 0) is 35.9 Å². The van der Waals surface area contributed by atoms with E-state index in [4.69, 9.17) is 23.9 Å². The number of amidine groups is 1. The maximum absolute atomic E-state index is 15.0. The molecule has 0 bridgehead atoms. The van der Waals surface area contributed by atoms with Gasteiger partial charge in [0.15, 0.2) is 0 Å². The Balaban J connectivity index is 1.68.